The molecule has 0 saturated heterocycles. The van der Waals surface area contributed by atoms with Gasteiger partial charge in [-0.15, -0.1) is 0 Å². The number of ether oxygens (including phenoxy) is 1. The van der Waals surface area contributed by atoms with Crippen LogP contribution in [0.4, 0.5) is 11.4 Å². The summed E-state index contributed by atoms with van der Waals surface area (Å²) in [6, 6.07) is 3.04. The van der Waals surface area contributed by atoms with Crippen molar-refractivity contribution in [2.75, 3.05) is 19.0 Å². The zero-order chi connectivity index (χ0) is 15.3. The Morgan fingerprint density at radius 3 is 2.55 bits per heavy atom. The van der Waals surface area contributed by atoms with E-state index in [9.17, 15) is 14.9 Å². The van der Waals surface area contributed by atoms with Crippen LogP contribution in [0, 0.1) is 24.0 Å². The van der Waals surface area contributed by atoms with Crippen LogP contribution in [0.5, 0.6) is 0 Å². The second-order valence-corrected chi connectivity index (χ2v) is 4.56. The maximum atomic E-state index is 11.8. The van der Waals surface area contributed by atoms with Crippen molar-refractivity contribution in [2.45, 2.75) is 26.4 Å². The fourth-order valence-electron chi connectivity index (χ4n) is 1.72. The van der Waals surface area contributed by atoms with Gasteiger partial charge < -0.3 is 15.8 Å². The fourth-order valence-corrected chi connectivity index (χ4v) is 1.72. The van der Waals surface area contributed by atoms with Crippen LogP contribution in [-0.4, -0.2) is 30.6 Å². The molecule has 0 aliphatic carbocycles. The third-order valence-electron chi connectivity index (χ3n) is 3.09. The van der Waals surface area contributed by atoms with Crippen molar-refractivity contribution in [2.24, 2.45) is 5.73 Å². The molecular weight excluding hydrogens is 262 g/mol. The van der Waals surface area contributed by atoms with E-state index in [0.29, 0.717) is 0 Å². The van der Waals surface area contributed by atoms with Crippen LogP contribution >= 0.6 is 0 Å². The number of hydrogen-bond acceptors (Lipinski definition) is 5. The Balaban J connectivity index is 2.94. The first-order valence-corrected chi connectivity index (χ1v) is 6.17. The molecule has 0 aliphatic heterocycles. The highest BCUT2D eigenvalue weighted by atomic mass is 16.6. The molecule has 110 valence electrons. The van der Waals surface area contributed by atoms with Gasteiger partial charge in [0.05, 0.1) is 17.4 Å². The van der Waals surface area contributed by atoms with Crippen LogP contribution in [0.1, 0.15) is 17.5 Å². The molecule has 0 fully saturated rings. The maximum absolute atomic E-state index is 11.8. The number of hydrogen-bond donors (Lipinski definition) is 2. The van der Waals surface area contributed by atoms with Gasteiger partial charge in [0.15, 0.2) is 0 Å². The summed E-state index contributed by atoms with van der Waals surface area (Å²) >= 11 is 0. The van der Waals surface area contributed by atoms with Crippen LogP contribution in [-0.2, 0) is 9.53 Å². The van der Waals surface area contributed by atoms with E-state index >= 15 is 0 Å². The molecular formula is C13H19N3O4. The Kier molecular flexibility index (Phi) is 5.60. The summed E-state index contributed by atoms with van der Waals surface area (Å²) in [5.74, 6) is -0.367. The zero-order valence-electron chi connectivity index (χ0n) is 11.8. The van der Waals surface area contributed by atoms with E-state index in [1.54, 1.807) is 13.0 Å². The van der Waals surface area contributed by atoms with Crippen molar-refractivity contribution in [3.8, 4) is 0 Å². The molecule has 0 spiro atoms. The smallest absolute Gasteiger partial charge is 0.293 e. The quantitative estimate of drug-likeness (QED) is 0.607. The summed E-state index contributed by atoms with van der Waals surface area (Å²) < 4.78 is 5.01. The van der Waals surface area contributed by atoms with E-state index in [1.165, 1.54) is 13.2 Å². The van der Waals surface area contributed by atoms with E-state index < -0.39 is 11.0 Å². The van der Waals surface area contributed by atoms with Gasteiger partial charge in [-0.3, -0.25) is 14.9 Å². The molecule has 7 nitrogen and oxygen atoms in total. The number of carbonyl (C=O) groups excluding carboxylic acids is 1. The van der Waals surface area contributed by atoms with Gasteiger partial charge in [-0.1, -0.05) is 0 Å². The van der Waals surface area contributed by atoms with Gasteiger partial charge in [-0.25, -0.2) is 0 Å². The summed E-state index contributed by atoms with van der Waals surface area (Å²) in [5, 5.41) is 13.6. The molecule has 0 bridgehead atoms. The molecule has 1 aromatic carbocycles. The van der Waals surface area contributed by atoms with Crippen LogP contribution in [0.3, 0.4) is 0 Å². The Morgan fingerprint density at radius 1 is 1.45 bits per heavy atom. The molecule has 1 unspecified atom stereocenters. The van der Waals surface area contributed by atoms with Crippen LogP contribution in [0.15, 0.2) is 12.1 Å². The summed E-state index contributed by atoms with van der Waals surface area (Å²) in [4.78, 5) is 22.3. The first-order valence-electron chi connectivity index (χ1n) is 6.17. The molecule has 0 aliphatic rings. The van der Waals surface area contributed by atoms with Gasteiger partial charge in [-0.2, -0.15) is 0 Å². The number of carbonyl (C=O) groups is 1. The van der Waals surface area contributed by atoms with E-state index in [4.69, 9.17) is 10.5 Å². The number of rotatable bonds is 6. The lowest BCUT2D eigenvalue weighted by atomic mass is 10.1. The predicted octanol–water partition coefficient (Wildman–Crippen LogP) is 1.51. The summed E-state index contributed by atoms with van der Waals surface area (Å²) in [7, 11) is 1.46. The second kappa shape index (κ2) is 6.97. The lowest BCUT2D eigenvalue weighted by molar-refractivity contribution is -0.384. The summed E-state index contributed by atoms with van der Waals surface area (Å²) in [6.07, 6.45) is -0.350. The van der Waals surface area contributed by atoms with E-state index in [0.717, 1.165) is 11.1 Å². The van der Waals surface area contributed by atoms with Gasteiger partial charge in [0.25, 0.3) is 5.69 Å². The van der Waals surface area contributed by atoms with Crippen LogP contribution in [0.25, 0.3) is 0 Å². The molecule has 20 heavy (non-hydrogen) atoms. The number of nitrogens with two attached hydrogens (primary N) is 1. The number of methoxy groups -OCH3 is 1. The normalized spacial score (nSPS) is 12.0. The molecule has 1 atom stereocenters. The zero-order valence-corrected chi connectivity index (χ0v) is 11.8. The predicted molar refractivity (Wildman–Crippen MR) is 75.7 cm³/mol. The first kappa shape index (κ1) is 16.1. The standard InChI is InChI=1S/C13H19N3O4/c1-8-4-11(12(16(18)19)5-9(8)2)15-13(17)6-10(7-14)20-3/h4-5,10H,6-7,14H2,1-3H3,(H,15,17). The van der Waals surface area contributed by atoms with Crippen molar-refractivity contribution < 1.29 is 14.5 Å². The lowest BCUT2D eigenvalue weighted by Crippen LogP contribution is -2.28. The number of benzene rings is 1. The molecule has 1 rings (SSSR count). The lowest BCUT2D eigenvalue weighted by Gasteiger charge is -2.13. The highest BCUT2D eigenvalue weighted by molar-refractivity contribution is 5.93. The second-order valence-electron chi connectivity index (χ2n) is 4.56. The van der Waals surface area contributed by atoms with Gasteiger partial charge in [0, 0.05) is 19.7 Å². The number of nitro benzene ring substituents is 1. The van der Waals surface area contributed by atoms with Gasteiger partial charge in [0.1, 0.15) is 5.69 Å². The minimum Gasteiger partial charge on any atom is -0.380 e. The summed E-state index contributed by atoms with van der Waals surface area (Å²) in [6.45, 7) is 3.81. The SMILES string of the molecule is COC(CN)CC(=O)Nc1cc(C)c(C)cc1[N+](=O)[O-]. The third kappa shape index (κ3) is 4.01. The van der Waals surface area contributed by atoms with E-state index in [1.807, 2.05) is 6.92 Å². The Morgan fingerprint density at radius 2 is 2.05 bits per heavy atom. The Bertz CT molecular complexity index is 513. The average molecular weight is 281 g/mol. The van der Waals surface area contributed by atoms with Crippen molar-refractivity contribution >= 4 is 17.3 Å². The van der Waals surface area contributed by atoms with Crippen molar-refractivity contribution in [1.82, 2.24) is 0 Å². The monoisotopic (exact) mass is 281 g/mol. The largest absolute Gasteiger partial charge is 0.380 e. The number of nitro groups is 1. The molecule has 7 heteroatoms. The Hall–Kier alpha value is -1.99. The number of anilines is 1. The molecule has 0 heterocycles. The van der Waals surface area contributed by atoms with Crippen LogP contribution < -0.4 is 11.1 Å². The van der Waals surface area contributed by atoms with Crippen molar-refractivity contribution in [1.29, 1.82) is 0 Å². The minimum absolute atomic E-state index is 0.0527. The molecule has 0 saturated carbocycles. The van der Waals surface area contributed by atoms with E-state index in [2.05, 4.69) is 5.32 Å². The van der Waals surface area contributed by atoms with Crippen molar-refractivity contribution in [3.05, 3.63) is 33.4 Å². The van der Waals surface area contributed by atoms with Gasteiger partial charge in [0.2, 0.25) is 5.91 Å². The highest BCUT2D eigenvalue weighted by Crippen LogP contribution is 2.28. The minimum atomic E-state index is -0.515. The number of amides is 1. The average Bonchev–Trinajstić information content (AvgIpc) is 2.39. The van der Waals surface area contributed by atoms with Crippen molar-refractivity contribution in [3.63, 3.8) is 0 Å². The third-order valence-corrected chi connectivity index (χ3v) is 3.09. The van der Waals surface area contributed by atoms with Gasteiger partial charge >= 0.3 is 0 Å². The fraction of sp³-hybridized carbons (Fsp3) is 0.462. The number of nitrogens with one attached hydrogen (secondary N) is 1. The molecule has 0 aromatic heterocycles. The first-order chi connectivity index (χ1) is 9.38. The maximum Gasteiger partial charge on any atom is 0.293 e. The molecule has 1 amide bonds. The van der Waals surface area contributed by atoms with E-state index in [-0.39, 0.29) is 30.2 Å². The Labute approximate surface area is 117 Å². The molecule has 3 N–H and O–H groups in total. The molecule has 0 radical (unpaired) electrons. The number of aryl methyl sites for hydroxylation is 2. The topological polar surface area (TPSA) is 107 Å². The van der Waals surface area contributed by atoms with Crippen LogP contribution in [0.2, 0.25) is 0 Å². The number of nitrogens with zero attached hydrogens (tertiary/aromatic N) is 1. The summed E-state index contributed by atoms with van der Waals surface area (Å²) in [5.41, 5.74) is 7.17. The highest BCUT2D eigenvalue weighted by Gasteiger charge is 2.19. The van der Waals surface area contributed by atoms with Gasteiger partial charge in [-0.05, 0) is 31.0 Å². The molecule has 1 aromatic rings.